The molecule has 2 heterocycles. The molecule has 0 aromatic carbocycles. The topological polar surface area (TPSA) is 56.1 Å². The van der Waals surface area contributed by atoms with Crippen LogP contribution in [-0.4, -0.2) is 34.9 Å². The average Bonchev–Trinajstić information content (AvgIpc) is 2.91. The molecule has 22 heavy (non-hydrogen) atoms. The summed E-state index contributed by atoms with van der Waals surface area (Å²) < 4.78 is 7.87. The predicted octanol–water partition coefficient (Wildman–Crippen LogP) is 2.69. The van der Waals surface area contributed by atoms with Gasteiger partial charge in [-0.15, -0.1) is 0 Å². The Hall–Kier alpha value is -1.36. The summed E-state index contributed by atoms with van der Waals surface area (Å²) in [6.45, 7) is 1.50. The fourth-order valence-electron chi connectivity index (χ4n) is 3.86. The third-order valence-electron chi connectivity index (χ3n) is 5.85. The van der Waals surface area contributed by atoms with Crippen molar-refractivity contribution in [3.8, 4) is 0 Å². The lowest BCUT2D eigenvalue weighted by atomic mass is 9.65. The normalized spacial score (nSPS) is 27.2. The minimum atomic E-state index is -0.0167. The lowest BCUT2D eigenvalue weighted by Crippen LogP contribution is -2.45. The molecule has 1 unspecified atom stereocenters. The van der Waals surface area contributed by atoms with Crippen molar-refractivity contribution in [2.75, 3.05) is 13.2 Å². The summed E-state index contributed by atoms with van der Waals surface area (Å²) in [6, 6.07) is 2.24. The molecular weight excluding hydrogens is 278 g/mol. The molecule has 1 saturated heterocycles. The molecule has 1 aliphatic heterocycles. The first-order valence-corrected chi connectivity index (χ1v) is 8.69. The highest BCUT2D eigenvalue weighted by Crippen LogP contribution is 2.47. The summed E-state index contributed by atoms with van der Waals surface area (Å²) in [5.41, 5.74) is 1.18. The first kappa shape index (κ1) is 14.2. The molecule has 5 nitrogen and oxygen atoms in total. The lowest BCUT2D eigenvalue weighted by molar-refractivity contribution is -0.0939. The summed E-state index contributed by atoms with van der Waals surface area (Å²) in [5, 5.41) is 7.35. The van der Waals surface area contributed by atoms with E-state index in [1.165, 1.54) is 32.1 Å². The number of nitrogens with one attached hydrogen (secondary N) is 1. The SMILES string of the molecule is O=C(NCC1CCC2(CCC2)CO1)c1ccnn1C1CCC1. The average molecular weight is 303 g/mol. The monoisotopic (exact) mass is 303 g/mol. The van der Waals surface area contributed by atoms with E-state index in [0.29, 0.717) is 23.7 Å². The van der Waals surface area contributed by atoms with Gasteiger partial charge in [0, 0.05) is 12.7 Å². The summed E-state index contributed by atoms with van der Waals surface area (Å²) >= 11 is 0. The van der Waals surface area contributed by atoms with E-state index in [1.807, 2.05) is 10.7 Å². The summed E-state index contributed by atoms with van der Waals surface area (Å²) in [4.78, 5) is 12.4. The smallest absolute Gasteiger partial charge is 0.269 e. The van der Waals surface area contributed by atoms with E-state index in [4.69, 9.17) is 4.74 Å². The number of aromatic nitrogens is 2. The van der Waals surface area contributed by atoms with Crippen molar-refractivity contribution in [2.24, 2.45) is 5.41 Å². The molecule has 2 saturated carbocycles. The maximum Gasteiger partial charge on any atom is 0.269 e. The van der Waals surface area contributed by atoms with E-state index in [2.05, 4.69) is 10.4 Å². The standard InChI is InChI=1S/C17H25N3O2/c21-16(15-6-10-19-20(15)13-3-1-4-13)18-11-14-5-9-17(12-22-14)7-2-8-17/h6,10,13-14H,1-5,7-9,11-12H2,(H,18,21). The number of nitrogens with zero attached hydrogens (tertiary/aromatic N) is 2. The second kappa shape index (κ2) is 5.69. The van der Waals surface area contributed by atoms with Gasteiger partial charge >= 0.3 is 0 Å². The van der Waals surface area contributed by atoms with Gasteiger partial charge in [0.25, 0.3) is 5.91 Å². The molecule has 0 bridgehead atoms. The van der Waals surface area contributed by atoms with Crippen LogP contribution in [0.15, 0.2) is 12.3 Å². The van der Waals surface area contributed by atoms with Crippen molar-refractivity contribution in [3.63, 3.8) is 0 Å². The highest BCUT2D eigenvalue weighted by molar-refractivity contribution is 5.92. The van der Waals surface area contributed by atoms with Crippen LogP contribution >= 0.6 is 0 Å². The van der Waals surface area contributed by atoms with Gasteiger partial charge in [0.2, 0.25) is 0 Å². The van der Waals surface area contributed by atoms with Gasteiger partial charge in [0.15, 0.2) is 0 Å². The van der Waals surface area contributed by atoms with Crippen LogP contribution in [0.4, 0.5) is 0 Å². The molecule has 5 heteroatoms. The highest BCUT2D eigenvalue weighted by atomic mass is 16.5. The second-order valence-electron chi connectivity index (χ2n) is 7.28. The molecule has 120 valence electrons. The summed E-state index contributed by atoms with van der Waals surface area (Å²) in [5.74, 6) is -0.0167. The van der Waals surface area contributed by atoms with Crippen molar-refractivity contribution >= 4 is 5.91 Å². The minimum absolute atomic E-state index is 0.0167. The Bertz CT molecular complexity index is 536. The maximum absolute atomic E-state index is 12.4. The first-order valence-electron chi connectivity index (χ1n) is 8.69. The van der Waals surface area contributed by atoms with E-state index in [0.717, 1.165) is 25.9 Å². The van der Waals surface area contributed by atoms with Crippen LogP contribution < -0.4 is 5.32 Å². The molecule has 4 rings (SSSR count). The second-order valence-corrected chi connectivity index (χ2v) is 7.28. The predicted molar refractivity (Wildman–Crippen MR) is 82.7 cm³/mol. The van der Waals surface area contributed by atoms with Gasteiger partial charge in [-0.1, -0.05) is 6.42 Å². The van der Waals surface area contributed by atoms with Crippen LogP contribution in [0.3, 0.4) is 0 Å². The van der Waals surface area contributed by atoms with Gasteiger partial charge in [-0.05, 0) is 56.4 Å². The van der Waals surface area contributed by atoms with E-state index in [1.54, 1.807) is 6.20 Å². The van der Waals surface area contributed by atoms with Gasteiger partial charge < -0.3 is 10.1 Å². The molecule has 3 fully saturated rings. The van der Waals surface area contributed by atoms with Crippen LogP contribution in [0, 0.1) is 5.41 Å². The van der Waals surface area contributed by atoms with Crippen molar-refractivity contribution < 1.29 is 9.53 Å². The molecular formula is C17H25N3O2. The molecule has 1 aromatic rings. The summed E-state index contributed by atoms with van der Waals surface area (Å²) in [6.07, 6.45) is 11.7. The fraction of sp³-hybridized carbons (Fsp3) is 0.765. The molecule has 1 spiro atoms. The number of carbonyl (C=O) groups is 1. The molecule has 1 atom stereocenters. The lowest BCUT2D eigenvalue weighted by Gasteiger charge is -2.46. The molecule has 3 aliphatic rings. The third-order valence-corrected chi connectivity index (χ3v) is 5.85. The third kappa shape index (κ3) is 2.56. The number of amides is 1. The van der Waals surface area contributed by atoms with Crippen LogP contribution in [0.2, 0.25) is 0 Å². The van der Waals surface area contributed by atoms with Gasteiger partial charge in [-0.25, -0.2) is 0 Å². The Balaban J connectivity index is 1.29. The van der Waals surface area contributed by atoms with E-state index in [9.17, 15) is 4.79 Å². The van der Waals surface area contributed by atoms with Crippen LogP contribution in [0.5, 0.6) is 0 Å². The largest absolute Gasteiger partial charge is 0.376 e. The quantitative estimate of drug-likeness (QED) is 0.930. The van der Waals surface area contributed by atoms with Crippen molar-refractivity contribution in [1.29, 1.82) is 0 Å². The molecule has 1 aromatic heterocycles. The zero-order chi connectivity index (χ0) is 15.0. The Morgan fingerprint density at radius 3 is 2.77 bits per heavy atom. The van der Waals surface area contributed by atoms with Crippen LogP contribution in [0.25, 0.3) is 0 Å². The van der Waals surface area contributed by atoms with Gasteiger partial charge in [-0.2, -0.15) is 5.10 Å². The van der Waals surface area contributed by atoms with Crippen LogP contribution in [-0.2, 0) is 4.74 Å². The van der Waals surface area contributed by atoms with E-state index < -0.39 is 0 Å². The number of hydrogen-bond donors (Lipinski definition) is 1. The van der Waals surface area contributed by atoms with Crippen molar-refractivity contribution in [1.82, 2.24) is 15.1 Å². The number of carbonyl (C=O) groups excluding carboxylic acids is 1. The molecule has 1 N–H and O–H groups in total. The molecule has 1 amide bonds. The van der Waals surface area contributed by atoms with Crippen LogP contribution in [0.1, 0.15) is 67.9 Å². The highest BCUT2D eigenvalue weighted by Gasteiger charge is 2.40. The van der Waals surface area contributed by atoms with E-state index >= 15 is 0 Å². The Morgan fingerprint density at radius 1 is 1.32 bits per heavy atom. The number of hydrogen-bond acceptors (Lipinski definition) is 3. The maximum atomic E-state index is 12.4. The fourth-order valence-corrected chi connectivity index (χ4v) is 3.86. The Labute approximate surface area is 131 Å². The molecule has 2 aliphatic carbocycles. The number of rotatable bonds is 4. The zero-order valence-electron chi connectivity index (χ0n) is 13.1. The van der Waals surface area contributed by atoms with Gasteiger partial charge in [0.1, 0.15) is 5.69 Å². The van der Waals surface area contributed by atoms with Gasteiger partial charge in [-0.3, -0.25) is 9.48 Å². The number of ether oxygens (including phenoxy) is 1. The van der Waals surface area contributed by atoms with Gasteiger partial charge in [0.05, 0.1) is 18.8 Å². The minimum Gasteiger partial charge on any atom is -0.376 e. The molecule has 0 radical (unpaired) electrons. The van der Waals surface area contributed by atoms with Crippen molar-refractivity contribution in [2.45, 2.75) is 63.5 Å². The first-order chi connectivity index (χ1) is 10.8. The van der Waals surface area contributed by atoms with Crippen molar-refractivity contribution in [3.05, 3.63) is 18.0 Å². The van der Waals surface area contributed by atoms with E-state index in [-0.39, 0.29) is 12.0 Å². The summed E-state index contributed by atoms with van der Waals surface area (Å²) in [7, 11) is 0. The zero-order valence-corrected chi connectivity index (χ0v) is 13.1. The Kier molecular flexibility index (Phi) is 3.68. The Morgan fingerprint density at radius 2 is 2.18 bits per heavy atom.